The van der Waals surface area contributed by atoms with Gasteiger partial charge in [-0.1, -0.05) is 15.9 Å². The van der Waals surface area contributed by atoms with Gasteiger partial charge in [0.25, 0.3) is 5.91 Å². The fraction of sp³-hybridized carbons (Fsp3) is 0.286. The van der Waals surface area contributed by atoms with Crippen LogP contribution in [0.3, 0.4) is 0 Å². The molecule has 0 aliphatic heterocycles. The topological polar surface area (TPSA) is 42.0 Å². The third kappa shape index (κ3) is 3.22. The van der Waals surface area contributed by atoms with E-state index in [1.54, 1.807) is 6.20 Å². The Bertz CT molecular complexity index is 593. The Morgan fingerprint density at radius 1 is 1.42 bits per heavy atom. The van der Waals surface area contributed by atoms with Gasteiger partial charge in [0.1, 0.15) is 5.01 Å². The molecule has 0 aliphatic rings. The Kier molecular flexibility index (Phi) is 4.06. The first-order valence-corrected chi connectivity index (χ1v) is 7.56. The van der Waals surface area contributed by atoms with Crippen molar-refractivity contribution in [3.63, 3.8) is 0 Å². The van der Waals surface area contributed by atoms with Gasteiger partial charge in [-0.15, -0.1) is 11.3 Å². The minimum absolute atomic E-state index is 0.0872. The van der Waals surface area contributed by atoms with E-state index in [9.17, 15) is 4.79 Å². The number of carbonyl (C=O) groups is 1. The summed E-state index contributed by atoms with van der Waals surface area (Å²) < 4.78 is 1.00. The zero-order chi connectivity index (χ0) is 14.0. The van der Waals surface area contributed by atoms with Crippen LogP contribution in [0, 0.1) is 6.92 Å². The van der Waals surface area contributed by atoms with Gasteiger partial charge >= 0.3 is 0 Å². The number of carbonyl (C=O) groups excluding carboxylic acids is 1. The molecule has 0 radical (unpaired) electrons. The fourth-order valence-corrected chi connectivity index (χ4v) is 2.69. The van der Waals surface area contributed by atoms with E-state index in [2.05, 4.69) is 26.2 Å². The molecule has 0 atom stereocenters. The minimum atomic E-state index is -0.466. The van der Waals surface area contributed by atoms with Crippen LogP contribution in [-0.2, 0) is 5.54 Å². The van der Waals surface area contributed by atoms with Crippen LogP contribution < -0.4 is 5.32 Å². The molecule has 1 amide bonds. The average molecular weight is 339 g/mol. The molecule has 0 saturated heterocycles. The second-order valence-electron chi connectivity index (χ2n) is 4.88. The molecule has 19 heavy (non-hydrogen) atoms. The van der Waals surface area contributed by atoms with E-state index in [0.29, 0.717) is 5.56 Å². The van der Waals surface area contributed by atoms with Crippen LogP contribution in [0.5, 0.6) is 0 Å². The van der Waals surface area contributed by atoms with Crippen molar-refractivity contribution in [1.29, 1.82) is 0 Å². The van der Waals surface area contributed by atoms with Gasteiger partial charge in [0.05, 0.1) is 5.54 Å². The first-order valence-electron chi connectivity index (χ1n) is 5.89. The smallest absolute Gasteiger partial charge is 0.252 e. The molecule has 0 aliphatic carbocycles. The fourth-order valence-electron chi connectivity index (χ4n) is 1.73. The number of nitrogens with zero attached hydrogens (tertiary/aromatic N) is 1. The van der Waals surface area contributed by atoms with Gasteiger partial charge in [0, 0.05) is 21.6 Å². The predicted molar refractivity (Wildman–Crippen MR) is 81.5 cm³/mol. The van der Waals surface area contributed by atoms with Crippen molar-refractivity contribution in [3.8, 4) is 0 Å². The highest BCUT2D eigenvalue weighted by atomic mass is 79.9. The lowest BCUT2D eigenvalue weighted by molar-refractivity contribution is 0.0912. The number of amides is 1. The molecule has 3 nitrogen and oxygen atoms in total. The summed E-state index contributed by atoms with van der Waals surface area (Å²) in [5.41, 5.74) is 1.23. The monoisotopic (exact) mass is 338 g/mol. The Morgan fingerprint density at radius 2 is 2.16 bits per heavy atom. The van der Waals surface area contributed by atoms with Gasteiger partial charge in [-0.2, -0.15) is 0 Å². The maximum atomic E-state index is 12.3. The Hall–Kier alpha value is -1.20. The second-order valence-corrected chi connectivity index (χ2v) is 6.63. The van der Waals surface area contributed by atoms with Crippen molar-refractivity contribution in [2.45, 2.75) is 26.3 Å². The highest BCUT2D eigenvalue weighted by Crippen LogP contribution is 2.23. The number of rotatable bonds is 3. The van der Waals surface area contributed by atoms with Crippen molar-refractivity contribution in [3.05, 3.63) is 50.4 Å². The molecule has 0 fully saturated rings. The summed E-state index contributed by atoms with van der Waals surface area (Å²) in [5.74, 6) is -0.0872. The zero-order valence-corrected chi connectivity index (χ0v) is 13.4. The quantitative estimate of drug-likeness (QED) is 0.922. The molecule has 100 valence electrons. The lowest BCUT2D eigenvalue weighted by Crippen LogP contribution is -2.40. The molecule has 1 aromatic heterocycles. The van der Waals surface area contributed by atoms with E-state index in [1.807, 2.05) is 44.4 Å². The van der Waals surface area contributed by atoms with Crippen LogP contribution in [0.15, 0.2) is 34.2 Å². The molecule has 1 heterocycles. The van der Waals surface area contributed by atoms with Crippen molar-refractivity contribution in [1.82, 2.24) is 10.3 Å². The highest BCUT2D eigenvalue weighted by Gasteiger charge is 2.25. The predicted octanol–water partition coefficient (Wildman–Crippen LogP) is 3.88. The van der Waals surface area contributed by atoms with E-state index in [0.717, 1.165) is 15.0 Å². The first kappa shape index (κ1) is 14.2. The number of benzene rings is 1. The van der Waals surface area contributed by atoms with Gasteiger partial charge in [0.15, 0.2) is 0 Å². The number of nitrogens with one attached hydrogen (secondary N) is 1. The number of thiazole rings is 1. The standard InChI is InChI=1S/C14H15BrN2OS/c1-9-8-10(4-5-11(9)15)12(18)17-14(2,3)13-16-6-7-19-13/h4-8H,1-3H3,(H,17,18). The third-order valence-corrected chi connectivity index (χ3v) is 4.80. The van der Waals surface area contributed by atoms with Crippen LogP contribution in [0.25, 0.3) is 0 Å². The van der Waals surface area contributed by atoms with Crippen molar-refractivity contribution in [2.75, 3.05) is 0 Å². The molecule has 0 spiro atoms. The van der Waals surface area contributed by atoms with E-state index < -0.39 is 5.54 Å². The molecule has 0 unspecified atom stereocenters. The molecule has 0 saturated carbocycles. The lowest BCUT2D eigenvalue weighted by atomic mass is 10.0. The summed E-state index contributed by atoms with van der Waals surface area (Å²) in [5, 5.41) is 5.82. The summed E-state index contributed by atoms with van der Waals surface area (Å²) in [6, 6.07) is 5.57. The highest BCUT2D eigenvalue weighted by molar-refractivity contribution is 9.10. The van der Waals surface area contributed by atoms with Gasteiger partial charge in [-0.05, 0) is 44.5 Å². The third-order valence-electron chi connectivity index (χ3n) is 2.81. The Balaban J connectivity index is 2.19. The van der Waals surface area contributed by atoms with Gasteiger partial charge in [-0.3, -0.25) is 4.79 Å². The Labute approximate surface area is 125 Å². The number of halogens is 1. The molecule has 2 rings (SSSR count). The van der Waals surface area contributed by atoms with Crippen LogP contribution in [0.2, 0.25) is 0 Å². The van der Waals surface area contributed by atoms with Crippen LogP contribution in [0.4, 0.5) is 0 Å². The molecule has 1 aromatic carbocycles. The molecule has 0 bridgehead atoms. The summed E-state index contributed by atoms with van der Waals surface area (Å²) in [4.78, 5) is 16.5. The maximum Gasteiger partial charge on any atom is 0.252 e. The van der Waals surface area contributed by atoms with Gasteiger partial charge in [0.2, 0.25) is 0 Å². The van der Waals surface area contributed by atoms with E-state index in [4.69, 9.17) is 0 Å². The average Bonchev–Trinajstić information content (AvgIpc) is 2.86. The molecule has 2 aromatic rings. The van der Waals surface area contributed by atoms with Crippen molar-refractivity contribution in [2.24, 2.45) is 0 Å². The number of hydrogen-bond acceptors (Lipinski definition) is 3. The minimum Gasteiger partial charge on any atom is -0.341 e. The van der Waals surface area contributed by atoms with Gasteiger partial charge in [-0.25, -0.2) is 4.98 Å². The van der Waals surface area contributed by atoms with Crippen LogP contribution in [0.1, 0.15) is 34.8 Å². The summed E-state index contributed by atoms with van der Waals surface area (Å²) in [7, 11) is 0. The largest absolute Gasteiger partial charge is 0.341 e. The lowest BCUT2D eigenvalue weighted by Gasteiger charge is -2.24. The zero-order valence-electron chi connectivity index (χ0n) is 11.0. The van der Waals surface area contributed by atoms with Crippen LogP contribution >= 0.6 is 27.3 Å². The summed E-state index contributed by atoms with van der Waals surface area (Å²) in [6.45, 7) is 5.87. The van der Waals surface area contributed by atoms with Gasteiger partial charge < -0.3 is 5.32 Å². The number of aryl methyl sites for hydroxylation is 1. The SMILES string of the molecule is Cc1cc(C(=O)NC(C)(C)c2nccs2)ccc1Br. The summed E-state index contributed by atoms with van der Waals surface area (Å²) in [6.07, 6.45) is 1.75. The molecule has 1 N–H and O–H groups in total. The molecule has 5 heteroatoms. The van der Waals surface area contributed by atoms with E-state index >= 15 is 0 Å². The van der Waals surface area contributed by atoms with Crippen molar-refractivity contribution < 1.29 is 4.79 Å². The van der Waals surface area contributed by atoms with E-state index in [-0.39, 0.29) is 5.91 Å². The molecular formula is C14H15BrN2OS. The van der Waals surface area contributed by atoms with E-state index in [1.165, 1.54) is 11.3 Å². The van der Waals surface area contributed by atoms with Crippen molar-refractivity contribution >= 4 is 33.2 Å². The Morgan fingerprint density at radius 3 is 2.74 bits per heavy atom. The second kappa shape index (κ2) is 5.43. The summed E-state index contributed by atoms with van der Waals surface area (Å²) >= 11 is 4.97. The normalized spacial score (nSPS) is 11.4. The molecular weight excluding hydrogens is 324 g/mol. The number of hydrogen-bond donors (Lipinski definition) is 1. The number of aromatic nitrogens is 1. The first-order chi connectivity index (χ1) is 8.90. The maximum absolute atomic E-state index is 12.3. The van der Waals surface area contributed by atoms with Crippen LogP contribution in [-0.4, -0.2) is 10.9 Å².